The van der Waals surface area contributed by atoms with Crippen LogP contribution in [0.3, 0.4) is 0 Å². The Hall–Kier alpha value is -2.01. The van der Waals surface area contributed by atoms with Crippen molar-refractivity contribution in [2.24, 2.45) is 5.92 Å². The lowest BCUT2D eigenvalue weighted by Crippen LogP contribution is -2.01. The summed E-state index contributed by atoms with van der Waals surface area (Å²) < 4.78 is 15.7. The Morgan fingerprint density at radius 3 is 2.86 bits per heavy atom. The summed E-state index contributed by atoms with van der Waals surface area (Å²) in [5.74, 6) is 0.160. The van der Waals surface area contributed by atoms with Crippen molar-refractivity contribution in [3.05, 3.63) is 41.4 Å². The fourth-order valence-corrected chi connectivity index (χ4v) is 2.78. The van der Waals surface area contributed by atoms with Crippen molar-refractivity contribution in [2.45, 2.75) is 19.4 Å². The van der Waals surface area contributed by atoms with Crippen LogP contribution in [0.1, 0.15) is 12.8 Å². The number of nitrogens with zero attached hydrogens (tertiary/aromatic N) is 4. The Bertz CT molecular complexity index is 826. The monoisotopic (exact) mass is 302 g/mol. The summed E-state index contributed by atoms with van der Waals surface area (Å²) in [6, 6.07) is 7.04. The standard InChI is InChI=1S/C15H12ClFN4/c16-13-10(11-2-1-7-18-15(11)17)5-6-12-14(13)19-20-21(12)8-9-3-4-9/h1-2,5-7,9H,3-4,8H2. The number of hydrogen-bond acceptors (Lipinski definition) is 3. The summed E-state index contributed by atoms with van der Waals surface area (Å²) in [6.45, 7) is 0.868. The topological polar surface area (TPSA) is 43.6 Å². The van der Waals surface area contributed by atoms with Gasteiger partial charge in [0.1, 0.15) is 5.52 Å². The van der Waals surface area contributed by atoms with E-state index < -0.39 is 5.95 Å². The summed E-state index contributed by atoms with van der Waals surface area (Å²) in [5.41, 5.74) is 2.47. The largest absolute Gasteiger partial charge is 0.244 e. The Morgan fingerprint density at radius 2 is 2.10 bits per heavy atom. The highest BCUT2D eigenvalue weighted by Crippen LogP contribution is 2.35. The minimum absolute atomic E-state index is 0.376. The van der Waals surface area contributed by atoms with Crippen molar-refractivity contribution in [3.8, 4) is 11.1 Å². The maximum absolute atomic E-state index is 13.8. The molecule has 1 aliphatic rings. The molecule has 0 atom stereocenters. The third kappa shape index (κ3) is 2.17. The minimum Gasteiger partial charge on any atom is -0.244 e. The zero-order valence-electron chi connectivity index (χ0n) is 11.1. The van der Waals surface area contributed by atoms with E-state index in [1.54, 1.807) is 18.2 Å². The third-order valence-corrected chi connectivity index (χ3v) is 4.19. The van der Waals surface area contributed by atoms with Crippen LogP contribution < -0.4 is 0 Å². The van der Waals surface area contributed by atoms with E-state index in [-0.39, 0.29) is 0 Å². The SMILES string of the molecule is Fc1ncccc1-c1ccc2c(nnn2CC2CC2)c1Cl. The van der Waals surface area contributed by atoms with Crippen molar-refractivity contribution in [1.29, 1.82) is 0 Å². The van der Waals surface area contributed by atoms with E-state index in [2.05, 4.69) is 15.3 Å². The molecule has 2 heterocycles. The van der Waals surface area contributed by atoms with E-state index in [9.17, 15) is 4.39 Å². The van der Waals surface area contributed by atoms with Crippen LogP contribution in [0.2, 0.25) is 5.02 Å². The van der Waals surface area contributed by atoms with Gasteiger partial charge in [-0.05, 0) is 37.0 Å². The van der Waals surface area contributed by atoms with Crippen molar-refractivity contribution < 1.29 is 4.39 Å². The average Bonchev–Trinajstić information content (AvgIpc) is 3.20. The highest BCUT2D eigenvalue weighted by Gasteiger charge is 2.24. The Kier molecular flexibility index (Phi) is 2.89. The molecule has 0 N–H and O–H groups in total. The quantitative estimate of drug-likeness (QED) is 0.693. The lowest BCUT2D eigenvalue weighted by atomic mass is 10.1. The van der Waals surface area contributed by atoms with E-state index >= 15 is 0 Å². The van der Waals surface area contributed by atoms with Gasteiger partial charge in [0.25, 0.3) is 0 Å². The van der Waals surface area contributed by atoms with Crippen LogP contribution in [-0.2, 0) is 6.54 Å². The summed E-state index contributed by atoms with van der Waals surface area (Å²) in [5, 5.41) is 8.74. The number of hydrogen-bond donors (Lipinski definition) is 0. The van der Waals surface area contributed by atoms with E-state index in [1.165, 1.54) is 19.0 Å². The van der Waals surface area contributed by atoms with Crippen molar-refractivity contribution in [3.63, 3.8) is 0 Å². The fraction of sp³-hybridized carbons (Fsp3) is 0.267. The van der Waals surface area contributed by atoms with E-state index in [4.69, 9.17) is 11.6 Å². The first-order chi connectivity index (χ1) is 10.2. The highest BCUT2D eigenvalue weighted by atomic mass is 35.5. The van der Waals surface area contributed by atoms with Gasteiger partial charge in [0.05, 0.1) is 10.5 Å². The van der Waals surface area contributed by atoms with E-state index in [1.807, 2.05) is 10.7 Å². The van der Waals surface area contributed by atoms with Crippen LogP contribution in [0.4, 0.5) is 4.39 Å². The van der Waals surface area contributed by atoms with Gasteiger partial charge in [-0.15, -0.1) is 5.10 Å². The minimum atomic E-state index is -0.538. The molecule has 0 bridgehead atoms. The second kappa shape index (κ2) is 4.77. The van der Waals surface area contributed by atoms with Gasteiger partial charge >= 0.3 is 0 Å². The molecule has 3 aromatic rings. The van der Waals surface area contributed by atoms with Crippen LogP contribution in [0.15, 0.2) is 30.5 Å². The maximum atomic E-state index is 13.8. The first kappa shape index (κ1) is 12.7. The van der Waals surface area contributed by atoms with Gasteiger partial charge in [-0.3, -0.25) is 0 Å². The number of halogens is 2. The van der Waals surface area contributed by atoms with Gasteiger partial charge in [-0.1, -0.05) is 22.9 Å². The maximum Gasteiger partial charge on any atom is 0.220 e. The number of aromatic nitrogens is 4. The zero-order chi connectivity index (χ0) is 14.4. The molecule has 0 saturated heterocycles. The van der Waals surface area contributed by atoms with Crippen molar-refractivity contribution in [1.82, 2.24) is 20.0 Å². The lowest BCUT2D eigenvalue weighted by Gasteiger charge is -2.06. The Labute approximate surface area is 125 Å². The smallest absolute Gasteiger partial charge is 0.220 e. The van der Waals surface area contributed by atoms with Crippen LogP contribution in [0.25, 0.3) is 22.2 Å². The Morgan fingerprint density at radius 1 is 1.24 bits per heavy atom. The first-order valence-electron chi connectivity index (χ1n) is 6.86. The number of fused-ring (bicyclic) bond motifs is 1. The van der Waals surface area contributed by atoms with Gasteiger partial charge in [0.15, 0.2) is 0 Å². The van der Waals surface area contributed by atoms with Crippen LogP contribution in [-0.4, -0.2) is 20.0 Å². The van der Waals surface area contributed by atoms with E-state index in [0.717, 1.165) is 12.1 Å². The summed E-state index contributed by atoms with van der Waals surface area (Å²) in [4.78, 5) is 3.66. The molecule has 1 saturated carbocycles. The van der Waals surface area contributed by atoms with Gasteiger partial charge in [-0.25, -0.2) is 9.67 Å². The molecule has 0 radical (unpaired) electrons. The molecule has 1 fully saturated rings. The molecule has 6 heteroatoms. The normalized spacial score (nSPS) is 14.8. The van der Waals surface area contributed by atoms with Gasteiger partial charge in [0, 0.05) is 23.9 Å². The number of pyridine rings is 1. The molecule has 106 valence electrons. The van der Waals surface area contributed by atoms with Gasteiger partial charge < -0.3 is 0 Å². The summed E-state index contributed by atoms with van der Waals surface area (Å²) in [6.07, 6.45) is 3.90. The molecule has 4 rings (SSSR count). The molecule has 0 spiro atoms. The first-order valence-corrected chi connectivity index (χ1v) is 7.24. The highest BCUT2D eigenvalue weighted by molar-refractivity contribution is 6.37. The van der Waals surface area contributed by atoms with Crippen molar-refractivity contribution in [2.75, 3.05) is 0 Å². The predicted octanol–water partition coefficient (Wildman–Crippen LogP) is 3.70. The van der Waals surface area contributed by atoms with Crippen LogP contribution in [0.5, 0.6) is 0 Å². The molecular formula is C15H12ClFN4. The van der Waals surface area contributed by atoms with Crippen molar-refractivity contribution >= 4 is 22.6 Å². The fourth-order valence-electron chi connectivity index (χ4n) is 2.48. The van der Waals surface area contributed by atoms with Gasteiger partial charge in [-0.2, -0.15) is 4.39 Å². The van der Waals surface area contributed by atoms with Gasteiger partial charge in [0.2, 0.25) is 5.95 Å². The number of benzene rings is 1. The molecule has 0 unspecified atom stereocenters. The lowest BCUT2D eigenvalue weighted by molar-refractivity contribution is 0.559. The average molecular weight is 303 g/mol. The molecule has 1 aromatic carbocycles. The number of rotatable bonds is 3. The van der Waals surface area contributed by atoms with Crippen LogP contribution >= 0.6 is 11.6 Å². The van der Waals surface area contributed by atoms with E-state index in [0.29, 0.717) is 27.6 Å². The van der Waals surface area contributed by atoms with Crippen LogP contribution in [0, 0.1) is 11.9 Å². The molecule has 0 amide bonds. The molecular weight excluding hydrogens is 291 g/mol. The zero-order valence-corrected chi connectivity index (χ0v) is 11.9. The summed E-state index contributed by atoms with van der Waals surface area (Å²) in [7, 11) is 0. The molecule has 2 aromatic heterocycles. The summed E-state index contributed by atoms with van der Waals surface area (Å²) >= 11 is 6.40. The second-order valence-electron chi connectivity index (χ2n) is 5.35. The molecule has 21 heavy (non-hydrogen) atoms. The molecule has 1 aliphatic carbocycles. The molecule has 0 aliphatic heterocycles. The Balaban J connectivity index is 1.85. The third-order valence-electron chi connectivity index (χ3n) is 3.80. The molecule has 4 nitrogen and oxygen atoms in total. The second-order valence-corrected chi connectivity index (χ2v) is 5.73. The predicted molar refractivity (Wildman–Crippen MR) is 78.5 cm³/mol.